The van der Waals surface area contributed by atoms with Crippen LogP contribution in [0.25, 0.3) is 0 Å². The van der Waals surface area contributed by atoms with Crippen LogP contribution in [0.2, 0.25) is 0 Å². The van der Waals surface area contributed by atoms with Gasteiger partial charge in [0.05, 0.1) is 33.0 Å². The minimum Gasteiger partial charge on any atom is -0.394 e. The van der Waals surface area contributed by atoms with Crippen molar-refractivity contribution in [3.8, 4) is 0 Å². The Kier molecular flexibility index (Phi) is 20.7. The predicted molar refractivity (Wildman–Crippen MR) is 71.7 cm³/mol. The van der Waals surface area contributed by atoms with Crippen molar-refractivity contribution in [1.82, 2.24) is 0 Å². The number of carbonyl (C=O) groups excluding carboxylic acids is 1. The van der Waals surface area contributed by atoms with E-state index in [0.29, 0.717) is 33.0 Å². The normalized spacial score (nSPS) is 9.78. The van der Waals surface area contributed by atoms with Gasteiger partial charge in [0.25, 0.3) is 0 Å². The summed E-state index contributed by atoms with van der Waals surface area (Å²) in [5.41, 5.74) is 5.06. The lowest BCUT2D eigenvalue weighted by molar-refractivity contribution is -0.121. The average Bonchev–Trinajstić information content (AvgIpc) is 2.35. The van der Waals surface area contributed by atoms with E-state index >= 15 is 0 Å². The molecule has 0 atom stereocenters. The standard InChI is InChI=1S/C8H16O3.C4H11NO2.H2/c1-3-4-10-5-6-11-7-8(2)9;5-1-3-7-4-2-6;/h3-7H2,1-2H3;6H,1-5H2;1H. The zero-order chi connectivity index (χ0) is 14.1. The summed E-state index contributed by atoms with van der Waals surface area (Å²) in [7, 11) is 0. The van der Waals surface area contributed by atoms with E-state index < -0.39 is 0 Å². The highest BCUT2D eigenvalue weighted by atomic mass is 16.5. The molecule has 0 fully saturated rings. The molecule has 0 saturated carbocycles. The third kappa shape index (κ3) is 24.6. The number of ether oxygens (including phenoxy) is 3. The van der Waals surface area contributed by atoms with Crippen LogP contribution in [0.3, 0.4) is 0 Å². The number of aliphatic hydroxyl groups is 1. The van der Waals surface area contributed by atoms with Crippen molar-refractivity contribution in [3.05, 3.63) is 0 Å². The maximum absolute atomic E-state index is 10.4. The third-order valence-electron chi connectivity index (χ3n) is 1.52. The summed E-state index contributed by atoms with van der Waals surface area (Å²) in [6.07, 6.45) is 1.02. The summed E-state index contributed by atoms with van der Waals surface area (Å²) >= 11 is 0. The second-order valence-electron chi connectivity index (χ2n) is 3.49. The van der Waals surface area contributed by atoms with Crippen molar-refractivity contribution in [1.29, 1.82) is 0 Å². The van der Waals surface area contributed by atoms with E-state index in [1.54, 1.807) is 0 Å². The fraction of sp³-hybridized carbons (Fsp3) is 0.917. The summed E-state index contributed by atoms with van der Waals surface area (Å²) < 4.78 is 14.9. The highest BCUT2D eigenvalue weighted by Gasteiger charge is 1.92. The first kappa shape index (κ1) is 19.8. The minimum atomic E-state index is 0. The van der Waals surface area contributed by atoms with Gasteiger partial charge in [-0.25, -0.2) is 0 Å². The van der Waals surface area contributed by atoms with Gasteiger partial charge in [-0.15, -0.1) is 0 Å². The summed E-state index contributed by atoms with van der Waals surface area (Å²) in [6, 6.07) is 0. The fourth-order valence-electron chi connectivity index (χ4n) is 0.830. The number of rotatable bonds is 11. The summed E-state index contributed by atoms with van der Waals surface area (Å²) in [5, 5.41) is 8.13. The molecule has 0 bridgehead atoms. The molecule has 0 aliphatic rings. The SMILES string of the molecule is CCCOCCOCC(C)=O.NCCOCCO.[HH]. The molecule has 112 valence electrons. The van der Waals surface area contributed by atoms with Crippen LogP contribution in [-0.2, 0) is 19.0 Å². The number of carbonyl (C=O) groups is 1. The van der Waals surface area contributed by atoms with Crippen molar-refractivity contribution in [2.24, 2.45) is 5.73 Å². The van der Waals surface area contributed by atoms with Gasteiger partial charge in [0, 0.05) is 14.6 Å². The Balaban J connectivity index is -0.000000280. The monoisotopic (exact) mass is 267 g/mol. The molecule has 0 heterocycles. The maximum atomic E-state index is 10.4. The zero-order valence-electron chi connectivity index (χ0n) is 11.5. The molecule has 0 radical (unpaired) electrons. The Morgan fingerprint density at radius 1 is 1.11 bits per heavy atom. The van der Waals surface area contributed by atoms with Crippen LogP contribution in [-0.4, -0.2) is 63.7 Å². The molecule has 18 heavy (non-hydrogen) atoms. The lowest BCUT2D eigenvalue weighted by Crippen LogP contribution is -2.10. The summed E-state index contributed by atoms with van der Waals surface area (Å²) in [4.78, 5) is 10.4. The molecule has 0 rings (SSSR count). The van der Waals surface area contributed by atoms with Gasteiger partial charge < -0.3 is 25.1 Å². The molecule has 0 saturated heterocycles. The minimum absolute atomic E-state index is 0. The maximum Gasteiger partial charge on any atom is 0.155 e. The van der Waals surface area contributed by atoms with Gasteiger partial charge in [-0.2, -0.15) is 0 Å². The second-order valence-corrected chi connectivity index (χ2v) is 3.49. The zero-order valence-corrected chi connectivity index (χ0v) is 11.5. The van der Waals surface area contributed by atoms with E-state index in [4.69, 9.17) is 25.1 Å². The third-order valence-corrected chi connectivity index (χ3v) is 1.52. The van der Waals surface area contributed by atoms with Gasteiger partial charge >= 0.3 is 0 Å². The molecule has 0 aliphatic heterocycles. The number of hydrogen-bond acceptors (Lipinski definition) is 6. The van der Waals surface area contributed by atoms with Crippen molar-refractivity contribution in [2.75, 3.05) is 52.8 Å². The first-order chi connectivity index (χ1) is 8.68. The molecule has 0 aromatic heterocycles. The van der Waals surface area contributed by atoms with Crippen LogP contribution in [0.15, 0.2) is 0 Å². The molecule has 6 heteroatoms. The predicted octanol–water partition coefficient (Wildman–Crippen LogP) is 0.219. The van der Waals surface area contributed by atoms with Crippen LogP contribution in [0.5, 0.6) is 0 Å². The molecule has 0 unspecified atom stereocenters. The van der Waals surface area contributed by atoms with Crippen molar-refractivity contribution >= 4 is 5.78 Å². The van der Waals surface area contributed by atoms with Gasteiger partial charge in [-0.05, 0) is 13.3 Å². The van der Waals surface area contributed by atoms with Gasteiger partial charge in [0.15, 0.2) is 5.78 Å². The van der Waals surface area contributed by atoms with Crippen LogP contribution in [0, 0.1) is 0 Å². The molecule has 0 aromatic carbocycles. The number of hydrogen-bond donors (Lipinski definition) is 2. The first-order valence-corrected chi connectivity index (χ1v) is 6.22. The van der Waals surface area contributed by atoms with E-state index in [0.717, 1.165) is 13.0 Å². The highest BCUT2D eigenvalue weighted by molar-refractivity contribution is 5.76. The van der Waals surface area contributed by atoms with Crippen molar-refractivity contribution in [3.63, 3.8) is 0 Å². The van der Waals surface area contributed by atoms with Crippen LogP contribution < -0.4 is 5.73 Å². The molecule has 0 aromatic rings. The molecule has 0 amide bonds. The Bertz CT molecular complexity index is 168. The molecule has 6 nitrogen and oxygen atoms in total. The van der Waals surface area contributed by atoms with Crippen LogP contribution in [0.1, 0.15) is 21.7 Å². The molecular formula is C12H29NO5. The molecule has 3 N–H and O–H groups in total. The van der Waals surface area contributed by atoms with E-state index in [2.05, 4.69) is 6.92 Å². The van der Waals surface area contributed by atoms with Crippen molar-refractivity contribution < 1.29 is 25.5 Å². The lowest BCUT2D eigenvalue weighted by Gasteiger charge is -2.01. The van der Waals surface area contributed by atoms with Gasteiger partial charge in [-0.1, -0.05) is 6.92 Å². The van der Waals surface area contributed by atoms with E-state index in [1.807, 2.05) is 0 Å². The van der Waals surface area contributed by atoms with E-state index in [1.165, 1.54) is 6.92 Å². The Labute approximate surface area is 111 Å². The average molecular weight is 267 g/mol. The van der Waals surface area contributed by atoms with E-state index in [9.17, 15) is 4.79 Å². The molecular weight excluding hydrogens is 238 g/mol. The second kappa shape index (κ2) is 18.8. The van der Waals surface area contributed by atoms with Crippen LogP contribution >= 0.6 is 0 Å². The van der Waals surface area contributed by atoms with Gasteiger partial charge in [-0.3, -0.25) is 4.79 Å². The highest BCUT2D eigenvalue weighted by Crippen LogP contribution is 1.82. The number of ketones is 1. The van der Waals surface area contributed by atoms with Crippen LogP contribution in [0.4, 0.5) is 0 Å². The largest absolute Gasteiger partial charge is 0.394 e. The summed E-state index contributed by atoms with van der Waals surface area (Å²) in [6.45, 7) is 7.18. The molecule has 0 aliphatic carbocycles. The Morgan fingerprint density at radius 3 is 2.22 bits per heavy atom. The first-order valence-electron chi connectivity index (χ1n) is 6.22. The number of aliphatic hydroxyl groups excluding tert-OH is 1. The molecule has 0 spiro atoms. The summed E-state index contributed by atoms with van der Waals surface area (Å²) in [5.74, 6) is 0.0560. The van der Waals surface area contributed by atoms with Gasteiger partial charge in [0.1, 0.15) is 6.61 Å². The Hall–Kier alpha value is -0.530. The van der Waals surface area contributed by atoms with Gasteiger partial charge in [0.2, 0.25) is 0 Å². The fourth-order valence-corrected chi connectivity index (χ4v) is 0.830. The topological polar surface area (TPSA) is 91.0 Å². The van der Waals surface area contributed by atoms with Crippen molar-refractivity contribution in [2.45, 2.75) is 20.3 Å². The quantitative estimate of drug-likeness (QED) is 0.520. The lowest BCUT2D eigenvalue weighted by atomic mass is 10.5. The number of Topliss-reactive ketones (excluding diaryl/α,β-unsaturated/α-hetero) is 1. The number of nitrogens with two attached hydrogens (primary N) is 1. The Morgan fingerprint density at radius 2 is 1.72 bits per heavy atom. The van der Waals surface area contributed by atoms with E-state index in [-0.39, 0.29) is 20.4 Å². The smallest absolute Gasteiger partial charge is 0.155 e.